The Morgan fingerprint density at radius 3 is 2.37 bits per heavy atom. The Bertz CT molecular complexity index is 2020. The van der Waals surface area contributed by atoms with Gasteiger partial charge in [-0.25, -0.2) is 9.18 Å². The van der Waals surface area contributed by atoms with Crippen molar-refractivity contribution in [3.63, 3.8) is 0 Å². The van der Waals surface area contributed by atoms with Crippen LogP contribution in [0.5, 0.6) is 0 Å². The number of nitriles is 1. The molecule has 1 amide bonds. The SMILES string of the molecule is CC[C@H]1OC(=O)[C@H](C)C(C2C[C@@](C)(OC)[C@@H](O)[C@H](C)O2)[C@H](C)[C@@H](O[C@H]2C[C@@H](N(C)CC/C(N)=C/NC[C@H]3CN(c4ccc(C#N)c(F)c4)C(=O)O3)C[C@@H](C)O2)[C@](C)(O)C[C@@H](C)CN(C)[C@H](C)[C@@H](O)[C@]1(C)O. The highest BCUT2D eigenvalue weighted by Gasteiger charge is 2.54. The van der Waals surface area contributed by atoms with Crippen LogP contribution < -0.4 is 16.0 Å². The summed E-state index contributed by atoms with van der Waals surface area (Å²) in [5.74, 6) is -3.60. The number of esters is 1. The third-order valence-corrected chi connectivity index (χ3v) is 16.0. The Kier molecular flexibility index (Phi) is 19.8. The van der Waals surface area contributed by atoms with Gasteiger partial charge in [-0.2, -0.15) is 5.26 Å². The molecule has 0 spiro atoms. The fourth-order valence-corrected chi connectivity index (χ4v) is 11.7. The number of rotatable bonds is 13. The molecular formula is C52H85FN6O12. The molecular weight excluding hydrogens is 920 g/mol. The molecule has 71 heavy (non-hydrogen) atoms. The molecule has 4 fully saturated rings. The zero-order valence-electron chi connectivity index (χ0n) is 44.3. The summed E-state index contributed by atoms with van der Waals surface area (Å²) in [6.07, 6.45) is -3.59. The van der Waals surface area contributed by atoms with Crippen LogP contribution in [0.4, 0.5) is 14.9 Å². The number of amides is 1. The number of benzene rings is 1. The number of methoxy groups -OCH3 is 1. The lowest BCUT2D eigenvalue weighted by Gasteiger charge is -2.51. The van der Waals surface area contributed by atoms with Gasteiger partial charge in [-0.15, -0.1) is 0 Å². The van der Waals surface area contributed by atoms with Crippen molar-refractivity contribution in [1.82, 2.24) is 15.1 Å². The number of carbonyl (C=O) groups excluding carboxylic acids is 2. The van der Waals surface area contributed by atoms with Crippen molar-refractivity contribution in [2.75, 3.05) is 52.3 Å². The molecule has 4 heterocycles. The smallest absolute Gasteiger partial charge is 0.414 e. The van der Waals surface area contributed by atoms with Crippen LogP contribution in [0.3, 0.4) is 0 Å². The lowest BCUT2D eigenvalue weighted by Crippen LogP contribution is -2.61. The normalized spacial score (nSPS) is 40.6. The van der Waals surface area contributed by atoms with Gasteiger partial charge in [0.1, 0.15) is 41.9 Å². The zero-order valence-corrected chi connectivity index (χ0v) is 44.3. The van der Waals surface area contributed by atoms with Gasteiger partial charge in [-0.1, -0.05) is 27.7 Å². The van der Waals surface area contributed by atoms with E-state index in [0.717, 1.165) is 6.07 Å². The van der Waals surface area contributed by atoms with Gasteiger partial charge in [0, 0.05) is 69.4 Å². The van der Waals surface area contributed by atoms with Crippen molar-refractivity contribution < 1.29 is 62.8 Å². The molecule has 1 aromatic rings. The first kappa shape index (κ1) is 58.2. The highest BCUT2D eigenvalue weighted by Crippen LogP contribution is 2.45. The topological polar surface area (TPSA) is 242 Å². The van der Waals surface area contributed by atoms with Crippen LogP contribution in [0.2, 0.25) is 0 Å². The third kappa shape index (κ3) is 13.7. The van der Waals surface area contributed by atoms with Crippen molar-refractivity contribution in [3.8, 4) is 6.07 Å². The van der Waals surface area contributed by atoms with Crippen LogP contribution in [-0.4, -0.2) is 174 Å². The first-order chi connectivity index (χ1) is 33.2. The summed E-state index contributed by atoms with van der Waals surface area (Å²) >= 11 is 0. The van der Waals surface area contributed by atoms with E-state index < -0.39 is 107 Å². The van der Waals surface area contributed by atoms with E-state index in [9.17, 15) is 34.4 Å². The molecule has 5 rings (SSSR count). The van der Waals surface area contributed by atoms with Crippen molar-refractivity contribution >= 4 is 17.7 Å². The molecule has 4 aliphatic rings. The molecule has 0 aromatic heterocycles. The van der Waals surface area contributed by atoms with E-state index in [1.165, 1.54) is 24.0 Å². The first-order valence-corrected chi connectivity index (χ1v) is 25.5. The zero-order chi connectivity index (χ0) is 52.9. The minimum Gasteiger partial charge on any atom is -0.459 e. The highest BCUT2D eigenvalue weighted by molar-refractivity contribution is 5.89. The van der Waals surface area contributed by atoms with Crippen LogP contribution in [0.15, 0.2) is 30.1 Å². The molecule has 0 saturated carbocycles. The van der Waals surface area contributed by atoms with Crippen LogP contribution in [0.1, 0.15) is 113 Å². The van der Waals surface area contributed by atoms with Gasteiger partial charge in [0.2, 0.25) is 0 Å². The fraction of sp³-hybridized carbons (Fsp3) is 0.788. The largest absolute Gasteiger partial charge is 0.459 e. The van der Waals surface area contributed by atoms with Crippen molar-refractivity contribution in [2.24, 2.45) is 29.4 Å². The van der Waals surface area contributed by atoms with Gasteiger partial charge in [0.15, 0.2) is 6.29 Å². The number of hydrogen-bond acceptors (Lipinski definition) is 17. The molecule has 0 bridgehead atoms. The van der Waals surface area contributed by atoms with Crippen molar-refractivity contribution in [3.05, 3.63) is 41.5 Å². The van der Waals surface area contributed by atoms with Gasteiger partial charge in [0.25, 0.3) is 0 Å². The Morgan fingerprint density at radius 2 is 1.73 bits per heavy atom. The van der Waals surface area contributed by atoms with E-state index in [2.05, 4.69) is 10.2 Å². The summed E-state index contributed by atoms with van der Waals surface area (Å²) in [6.45, 7) is 19.7. The summed E-state index contributed by atoms with van der Waals surface area (Å²) in [4.78, 5) is 32.7. The fourth-order valence-electron chi connectivity index (χ4n) is 11.7. The molecule has 402 valence electrons. The van der Waals surface area contributed by atoms with Gasteiger partial charge < -0.3 is 69.7 Å². The summed E-state index contributed by atoms with van der Waals surface area (Å²) in [7, 11) is 5.42. The lowest BCUT2D eigenvalue weighted by molar-refractivity contribution is -0.275. The number of likely N-dealkylation sites (N-methyl/N-ethyl adjacent to an activating group) is 1. The van der Waals surface area contributed by atoms with Gasteiger partial charge >= 0.3 is 12.1 Å². The average molecular weight is 1010 g/mol. The summed E-state index contributed by atoms with van der Waals surface area (Å²) in [6, 6.07) is 5.20. The Labute approximate surface area is 420 Å². The number of nitrogens with one attached hydrogen (secondary N) is 1. The average Bonchev–Trinajstić information content (AvgIpc) is 3.68. The van der Waals surface area contributed by atoms with Crippen LogP contribution >= 0.6 is 0 Å². The Hall–Kier alpha value is -3.68. The first-order valence-electron chi connectivity index (χ1n) is 25.5. The number of aliphatic hydroxyl groups excluding tert-OH is 2. The molecule has 0 radical (unpaired) electrons. The predicted octanol–water partition coefficient (Wildman–Crippen LogP) is 4.39. The molecule has 0 aliphatic carbocycles. The van der Waals surface area contributed by atoms with Gasteiger partial charge in [-0.05, 0) is 105 Å². The molecule has 18 nitrogen and oxygen atoms in total. The number of nitrogens with zero attached hydrogens (tertiary/aromatic N) is 4. The highest BCUT2D eigenvalue weighted by atomic mass is 19.1. The maximum absolute atomic E-state index is 14.6. The van der Waals surface area contributed by atoms with E-state index in [1.807, 2.05) is 53.6 Å². The minimum absolute atomic E-state index is 0.00153. The van der Waals surface area contributed by atoms with Crippen LogP contribution in [0.25, 0.3) is 0 Å². The second kappa shape index (κ2) is 24.1. The van der Waals surface area contributed by atoms with Crippen molar-refractivity contribution in [2.45, 2.75) is 192 Å². The number of cyclic esters (lactones) is 2. The molecule has 18 atom stereocenters. The third-order valence-electron chi connectivity index (χ3n) is 16.0. The van der Waals surface area contributed by atoms with Crippen LogP contribution in [-0.2, 0) is 33.2 Å². The van der Waals surface area contributed by atoms with E-state index in [1.54, 1.807) is 47.1 Å². The molecule has 1 aromatic carbocycles. The maximum atomic E-state index is 14.6. The number of anilines is 1. The predicted molar refractivity (Wildman–Crippen MR) is 264 cm³/mol. The lowest BCUT2D eigenvalue weighted by atomic mass is 9.68. The molecule has 4 aliphatic heterocycles. The number of carbonyl (C=O) groups is 2. The summed E-state index contributed by atoms with van der Waals surface area (Å²) < 4.78 is 52.1. The second-order valence-electron chi connectivity index (χ2n) is 21.9. The number of aliphatic hydroxyl groups is 4. The monoisotopic (exact) mass is 1000 g/mol. The van der Waals surface area contributed by atoms with E-state index in [-0.39, 0.29) is 56.0 Å². The van der Waals surface area contributed by atoms with E-state index in [0.29, 0.717) is 43.7 Å². The number of hydrogen-bond donors (Lipinski definition) is 6. The molecule has 4 saturated heterocycles. The molecule has 2 unspecified atom stereocenters. The van der Waals surface area contributed by atoms with E-state index >= 15 is 0 Å². The molecule has 19 heteroatoms. The summed E-state index contributed by atoms with van der Waals surface area (Å²) in [5, 5.41) is 59.9. The standard InChI is InChI=1S/C52H85FN6O12/c1-14-42-52(10,65)45(60)33(6)58(12)27-29(2)22-50(8,64)47(31(4)44(32(5)48(62)70-42)41-23-51(9,66-13)46(61)34(7)68-41)71-43-21-38(19-30(3)67-43)57(11)18-17-36(55)25-56-26-39-28-59(49(63)69-39)37-16-15-35(24-54)40(53)20-37/h15-16,20,25,29-34,38-39,41-47,56,60-61,64-65H,14,17-19,21-23,26-28,55H2,1-13H3/b36-25-/t29-,30-,31+,32-,33-,34+,38+,39+,41?,42-,43+,44?,45-,46+,47-,50-,51-,52-/m1/s1. The van der Waals surface area contributed by atoms with Crippen LogP contribution in [0, 0.1) is 40.8 Å². The number of ether oxygens (including phenoxy) is 6. The second-order valence-corrected chi connectivity index (χ2v) is 21.9. The molecule has 7 N–H and O–H groups in total. The Balaban J connectivity index is 1.35. The summed E-state index contributed by atoms with van der Waals surface area (Å²) in [5.41, 5.74) is 2.90. The van der Waals surface area contributed by atoms with Gasteiger partial charge in [0.05, 0.1) is 65.9 Å². The quantitative estimate of drug-likeness (QED) is 0.150. The van der Waals surface area contributed by atoms with E-state index in [4.69, 9.17) is 39.4 Å². The Morgan fingerprint density at radius 1 is 1.04 bits per heavy atom. The maximum Gasteiger partial charge on any atom is 0.414 e. The number of halogens is 1. The van der Waals surface area contributed by atoms with Gasteiger partial charge in [-0.3, -0.25) is 9.69 Å². The van der Waals surface area contributed by atoms with Crippen molar-refractivity contribution in [1.29, 1.82) is 5.26 Å². The minimum atomic E-state index is -1.80. The number of nitrogens with two attached hydrogens (primary N) is 1.